The average molecular weight is 319 g/mol. The zero-order valence-electron chi connectivity index (χ0n) is 13.8. The Bertz CT molecular complexity index is 736. The van der Waals surface area contributed by atoms with Crippen LogP contribution in [0.2, 0.25) is 0 Å². The molecule has 0 aliphatic heterocycles. The summed E-state index contributed by atoms with van der Waals surface area (Å²) in [5.41, 5.74) is 2.23. The molecule has 0 atom stereocenters. The van der Waals surface area contributed by atoms with E-state index in [-0.39, 0.29) is 18.2 Å². The third-order valence-electron chi connectivity index (χ3n) is 3.69. The zero-order valence-corrected chi connectivity index (χ0v) is 13.8. The second-order valence-corrected chi connectivity index (χ2v) is 5.92. The maximum Gasteiger partial charge on any atom is 0.303 e. The summed E-state index contributed by atoms with van der Waals surface area (Å²) < 4.78 is 5.21. The summed E-state index contributed by atoms with van der Waals surface area (Å²) in [6.45, 7) is 6.12. The van der Waals surface area contributed by atoms with E-state index in [1.165, 1.54) is 4.90 Å². The highest BCUT2D eigenvalue weighted by Crippen LogP contribution is 2.26. The molecule has 2 aromatic heterocycles. The Hall–Kier alpha value is -2.44. The molecule has 0 fully saturated rings. The molecule has 0 radical (unpaired) electrons. The van der Waals surface area contributed by atoms with E-state index in [0.29, 0.717) is 35.3 Å². The van der Waals surface area contributed by atoms with Gasteiger partial charge in [-0.3, -0.25) is 9.59 Å². The summed E-state index contributed by atoms with van der Waals surface area (Å²) in [6.07, 6.45) is 0.443. The number of aromatic nitrogens is 2. The normalized spacial score (nSPS) is 11.2. The largest absolute Gasteiger partial charge is 0.481 e. The molecule has 0 aliphatic rings. The number of carboxylic acid groups (broad SMARTS) is 1. The summed E-state index contributed by atoms with van der Waals surface area (Å²) in [5, 5.41) is 13.2. The van der Waals surface area contributed by atoms with Crippen LogP contribution in [0.4, 0.5) is 0 Å². The maximum atomic E-state index is 12.7. The lowest BCUT2D eigenvalue weighted by Gasteiger charge is -2.18. The third-order valence-corrected chi connectivity index (χ3v) is 3.69. The first-order valence-corrected chi connectivity index (χ1v) is 7.55. The molecular weight excluding hydrogens is 298 g/mol. The minimum atomic E-state index is -0.867. The summed E-state index contributed by atoms with van der Waals surface area (Å²) in [7, 11) is 1.66. The van der Waals surface area contributed by atoms with Gasteiger partial charge >= 0.3 is 5.97 Å². The van der Waals surface area contributed by atoms with Gasteiger partial charge in [0, 0.05) is 25.7 Å². The summed E-state index contributed by atoms with van der Waals surface area (Å²) in [5.74, 6) is -0.904. The molecule has 7 nitrogen and oxygen atoms in total. The van der Waals surface area contributed by atoms with Crippen molar-refractivity contribution in [3.63, 3.8) is 0 Å². The maximum absolute atomic E-state index is 12.7. The monoisotopic (exact) mass is 319 g/mol. The van der Waals surface area contributed by atoms with Gasteiger partial charge in [0.1, 0.15) is 0 Å². The Labute approximate surface area is 134 Å². The Kier molecular flexibility index (Phi) is 4.98. The van der Waals surface area contributed by atoms with Crippen LogP contribution >= 0.6 is 0 Å². The number of carboxylic acids is 1. The number of amides is 1. The fourth-order valence-corrected chi connectivity index (χ4v) is 2.35. The standard InChI is InChI=1S/C16H21N3O4/c1-9(2)12-8-11(14-10(3)18-23-15(14)17-12)16(22)19(4)7-5-6-13(20)21/h8-9H,5-7H2,1-4H3,(H,20,21). The quantitative estimate of drug-likeness (QED) is 0.879. The second-order valence-electron chi connectivity index (χ2n) is 5.92. The topological polar surface area (TPSA) is 96.5 Å². The molecule has 0 aliphatic carbocycles. The van der Waals surface area contributed by atoms with Gasteiger partial charge < -0.3 is 14.5 Å². The minimum Gasteiger partial charge on any atom is -0.481 e. The molecule has 0 unspecified atom stereocenters. The van der Waals surface area contributed by atoms with Crippen molar-refractivity contribution in [3.05, 3.63) is 23.0 Å². The zero-order chi connectivity index (χ0) is 17.1. The highest BCUT2D eigenvalue weighted by Gasteiger charge is 2.22. The van der Waals surface area contributed by atoms with Crippen molar-refractivity contribution in [3.8, 4) is 0 Å². The van der Waals surface area contributed by atoms with Crippen LogP contribution in [0.3, 0.4) is 0 Å². The highest BCUT2D eigenvalue weighted by atomic mass is 16.5. The van der Waals surface area contributed by atoms with Crippen LogP contribution in [-0.4, -0.2) is 45.6 Å². The summed E-state index contributed by atoms with van der Waals surface area (Å²) in [4.78, 5) is 29.3. The molecule has 124 valence electrons. The van der Waals surface area contributed by atoms with E-state index < -0.39 is 5.97 Å². The molecule has 0 saturated heterocycles. The number of aliphatic carboxylic acids is 1. The fraction of sp³-hybridized carbons (Fsp3) is 0.500. The van der Waals surface area contributed by atoms with Gasteiger partial charge in [0.15, 0.2) is 0 Å². The number of pyridine rings is 1. The van der Waals surface area contributed by atoms with Crippen molar-refractivity contribution in [1.82, 2.24) is 15.0 Å². The van der Waals surface area contributed by atoms with Crippen LogP contribution in [0.25, 0.3) is 11.1 Å². The van der Waals surface area contributed by atoms with Gasteiger partial charge in [0.05, 0.1) is 16.6 Å². The van der Waals surface area contributed by atoms with E-state index in [1.807, 2.05) is 13.8 Å². The third kappa shape index (κ3) is 3.67. The Morgan fingerprint density at radius 3 is 2.70 bits per heavy atom. The van der Waals surface area contributed by atoms with E-state index in [9.17, 15) is 9.59 Å². The molecule has 2 rings (SSSR count). The molecule has 23 heavy (non-hydrogen) atoms. The number of carbonyl (C=O) groups excluding carboxylic acids is 1. The van der Waals surface area contributed by atoms with Crippen LogP contribution in [0.5, 0.6) is 0 Å². The van der Waals surface area contributed by atoms with Gasteiger partial charge in [-0.2, -0.15) is 0 Å². The van der Waals surface area contributed by atoms with Crippen LogP contribution < -0.4 is 0 Å². The Morgan fingerprint density at radius 2 is 2.09 bits per heavy atom. The lowest BCUT2D eigenvalue weighted by Crippen LogP contribution is -2.28. The van der Waals surface area contributed by atoms with E-state index in [0.717, 1.165) is 5.69 Å². The van der Waals surface area contributed by atoms with Gasteiger partial charge in [-0.1, -0.05) is 19.0 Å². The number of hydrogen-bond donors (Lipinski definition) is 1. The number of hydrogen-bond acceptors (Lipinski definition) is 5. The SMILES string of the molecule is Cc1noc2nc(C(C)C)cc(C(=O)N(C)CCCC(=O)O)c12. The predicted octanol–water partition coefficient (Wildman–Crippen LogP) is 2.59. The smallest absolute Gasteiger partial charge is 0.303 e. The minimum absolute atomic E-state index is 0.0346. The second kappa shape index (κ2) is 6.76. The van der Waals surface area contributed by atoms with Crippen LogP contribution in [0, 0.1) is 6.92 Å². The predicted molar refractivity (Wildman–Crippen MR) is 84.5 cm³/mol. The first-order valence-electron chi connectivity index (χ1n) is 7.55. The van der Waals surface area contributed by atoms with Crippen LogP contribution in [0.15, 0.2) is 10.6 Å². The van der Waals surface area contributed by atoms with Crippen molar-refractivity contribution >= 4 is 23.0 Å². The number of aryl methyl sites for hydroxylation is 1. The molecule has 0 saturated carbocycles. The van der Waals surface area contributed by atoms with Gasteiger partial charge in [0.2, 0.25) is 0 Å². The van der Waals surface area contributed by atoms with Crippen molar-refractivity contribution < 1.29 is 19.2 Å². The highest BCUT2D eigenvalue weighted by molar-refractivity contribution is 6.05. The number of nitrogens with zero attached hydrogens (tertiary/aromatic N) is 3. The van der Waals surface area contributed by atoms with Crippen LogP contribution in [-0.2, 0) is 4.79 Å². The molecule has 2 aromatic rings. The van der Waals surface area contributed by atoms with Gasteiger partial charge in [-0.05, 0) is 25.3 Å². The van der Waals surface area contributed by atoms with Crippen LogP contribution in [0.1, 0.15) is 54.4 Å². The van der Waals surface area contributed by atoms with E-state index in [4.69, 9.17) is 9.63 Å². The summed E-state index contributed by atoms with van der Waals surface area (Å²) in [6, 6.07) is 1.77. The van der Waals surface area contributed by atoms with Gasteiger partial charge in [0.25, 0.3) is 11.6 Å². The van der Waals surface area contributed by atoms with E-state index in [2.05, 4.69) is 10.1 Å². The molecule has 1 N–H and O–H groups in total. The molecule has 0 spiro atoms. The fourth-order valence-electron chi connectivity index (χ4n) is 2.35. The van der Waals surface area contributed by atoms with Crippen molar-refractivity contribution in [1.29, 1.82) is 0 Å². The lowest BCUT2D eigenvalue weighted by molar-refractivity contribution is -0.137. The van der Waals surface area contributed by atoms with Gasteiger partial charge in [-0.25, -0.2) is 4.98 Å². The number of carbonyl (C=O) groups is 2. The molecule has 0 aromatic carbocycles. The Morgan fingerprint density at radius 1 is 1.39 bits per heavy atom. The number of fused-ring (bicyclic) bond motifs is 1. The molecule has 7 heteroatoms. The first kappa shape index (κ1) is 16.9. The van der Waals surface area contributed by atoms with E-state index >= 15 is 0 Å². The Balaban J connectivity index is 2.34. The summed E-state index contributed by atoms with van der Waals surface area (Å²) >= 11 is 0. The molecular formula is C16H21N3O4. The van der Waals surface area contributed by atoms with Crippen molar-refractivity contribution in [2.45, 2.75) is 39.5 Å². The van der Waals surface area contributed by atoms with Crippen molar-refractivity contribution in [2.75, 3.05) is 13.6 Å². The molecule has 1 amide bonds. The number of rotatable bonds is 6. The van der Waals surface area contributed by atoms with Gasteiger partial charge in [-0.15, -0.1) is 0 Å². The first-order chi connectivity index (χ1) is 10.8. The molecule has 2 heterocycles. The van der Waals surface area contributed by atoms with Crippen molar-refractivity contribution in [2.24, 2.45) is 0 Å². The lowest BCUT2D eigenvalue weighted by atomic mass is 10.0. The average Bonchev–Trinajstić information content (AvgIpc) is 2.86. The molecule has 0 bridgehead atoms. The van der Waals surface area contributed by atoms with E-state index in [1.54, 1.807) is 20.0 Å².